The molecular weight excluding hydrogens is 351 g/mol. The highest BCUT2D eigenvalue weighted by atomic mass is 19.1. The van der Waals surface area contributed by atoms with E-state index in [1.165, 1.54) is 12.5 Å². The predicted octanol–water partition coefficient (Wildman–Crippen LogP) is 4.18. The van der Waals surface area contributed by atoms with E-state index in [1.54, 1.807) is 6.07 Å². The summed E-state index contributed by atoms with van der Waals surface area (Å²) in [5.41, 5.74) is 1.97. The average Bonchev–Trinajstić information content (AvgIpc) is 2.74. The van der Waals surface area contributed by atoms with E-state index in [9.17, 15) is 9.50 Å². The monoisotopic (exact) mass is 382 g/mol. The lowest BCUT2D eigenvalue weighted by molar-refractivity contribution is -0.0316. The van der Waals surface area contributed by atoms with Crippen LogP contribution in [0, 0.1) is 5.82 Å². The second-order valence-electron chi connectivity index (χ2n) is 8.37. The van der Waals surface area contributed by atoms with Crippen molar-refractivity contribution >= 4 is 0 Å². The van der Waals surface area contributed by atoms with Gasteiger partial charge in [-0.2, -0.15) is 0 Å². The fraction of sp³-hybridized carbons (Fsp3) is 0.500. The van der Waals surface area contributed by atoms with Gasteiger partial charge in [-0.3, -0.25) is 0 Å². The van der Waals surface area contributed by atoms with Gasteiger partial charge in [0.1, 0.15) is 5.82 Å². The van der Waals surface area contributed by atoms with E-state index in [-0.39, 0.29) is 11.7 Å². The van der Waals surface area contributed by atoms with Gasteiger partial charge in [0.25, 0.3) is 0 Å². The molecule has 2 aromatic carbocycles. The summed E-state index contributed by atoms with van der Waals surface area (Å²) in [7, 11) is 0. The number of piperazine rings is 1. The third kappa shape index (κ3) is 4.29. The molecule has 0 spiro atoms. The van der Waals surface area contributed by atoms with Crippen LogP contribution in [0.3, 0.4) is 0 Å². The van der Waals surface area contributed by atoms with Crippen LogP contribution in [0.2, 0.25) is 0 Å². The fourth-order valence-corrected chi connectivity index (χ4v) is 4.87. The first-order valence-corrected chi connectivity index (χ1v) is 10.7. The number of halogens is 1. The normalized spacial score (nSPS) is 21.4. The Labute approximate surface area is 167 Å². The van der Waals surface area contributed by atoms with Gasteiger partial charge >= 0.3 is 0 Å². The van der Waals surface area contributed by atoms with E-state index >= 15 is 0 Å². The molecule has 1 unspecified atom stereocenters. The largest absolute Gasteiger partial charge is 0.389 e. The Morgan fingerprint density at radius 2 is 1.75 bits per heavy atom. The summed E-state index contributed by atoms with van der Waals surface area (Å²) in [5, 5.41) is 15.0. The van der Waals surface area contributed by atoms with Crippen molar-refractivity contribution in [2.45, 2.75) is 43.6 Å². The Hall–Kier alpha value is -1.75. The first-order chi connectivity index (χ1) is 13.7. The van der Waals surface area contributed by atoms with Crippen LogP contribution in [0.5, 0.6) is 0 Å². The zero-order valence-electron chi connectivity index (χ0n) is 16.5. The Morgan fingerprint density at radius 1 is 1.00 bits per heavy atom. The first kappa shape index (κ1) is 19.6. The molecule has 2 aromatic rings. The van der Waals surface area contributed by atoms with Crippen LogP contribution in [0.4, 0.5) is 4.39 Å². The van der Waals surface area contributed by atoms with E-state index in [0.717, 1.165) is 69.5 Å². The number of nitrogens with one attached hydrogen (secondary N) is 1. The molecule has 1 heterocycles. The van der Waals surface area contributed by atoms with Crippen molar-refractivity contribution in [3.8, 4) is 11.1 Å². The lowest BCUT2D eigenvalue weighted by Crippen LogP contribution is -2.49. The van der Waals surface area contributed by atoms with Gasteiger partial charge in [-0.25, -0.2) is 4.39 Å². The molecule has 0 bridgehead atoms. The minimum absolute atomic E-state index is 0.0534. The summed E-state index contributed by atoms with van der Waals surface area (Å²) in [5.74, 6) is -0.146. The van der Waals surface area contributed by atoms with Crippen LogP contribution in [-0.4, -0.2) is 48.3 Å². The van der Waals surface area contributed by atoms with Gasteiger partial charge in [-0.05, 0) is 30.0 Å². The van der Waals surface area contributed by atoms with E-state index in [0.29, 0.717) is 5.56 Å². The van der Waals surface area contributed by atoms with Crippen molar-refractivity contribution < 1.29 is 9.50 Å². The van der Waals surface area contributed by atoms with Crippen molar-refractivity contribution in [1.29, 1.82) is 0 Å². The van der Waals surface area contributed by atoms with Crippen LogP contribution in [0.15, 0.2) is 48.5 Å². The molecule has 4 heteroatoms. The van der Waals surface area contributed by atoms with Crippen molar-refractivity contribution in [2.24, 2.45) is 0 Å². The molecule has 1 atom stereocenters. The summed E-state index contributed by atoms with van der Waals surface area (Å²) in [4.78, 5) is 2.46. The predicted molar refractivity (Wildman–Crippen MR) is 112 cm³/mol. The number of aliphatic hydroxyl groups is 1. The number of nitrogens with zero attached hydrogens (tertiary/aromatic N) is 1. The molecule has 1 aliphatic carbocycles. The molecule has 28 heavy (non-hydrogen) atoms. The molecule has 2 fully saturated rings. The van der Waals surface area contributed by atoms with Gasteiger partial charge in [0, 0.05) is 44.2 Å². The molecule has 4 rings (SSSR count). The maximum absolute atomic E-state index is 14.3. The van der Waals surface area contributed by atoms with Crippen LogP contribution in [0.25, 0.3) is 11.1 Å². The van der Waals surface area contributed by atoms with Crippen molar-refractivity contribution in [1.82, 2.24) is 10.2 Å². The Bertz CT molecular complexity index is 782. The van der Waals surface area contributed by atoms with E-state index in [4.69, 9.17) is 0 Å². The zero-order chi connectivity index (χ0) is 19.4. The molecule has 3 nitrogen and oxygen atoms in total. The summed E-state index contributed by atoms with van der Waals surface area (Å²) >= 11 is 0. The minimum atomic E-state index is -0.670. The number of benzene rings is 2. The SMILES string of the molecule is OC1(C(CN2CCNCC2)c2cccc(-c3ccccc3F)c2)CCCCC1. The molecular formula is C24H31FN2O. The second-order valence-corrected chi connectivity index (χ2v) is 8.37. The molecule has 2 N–H and O–H groups in total. The number of rotatable bonds is 5. The molecule has 0 radical (unpaired) electrons. The Kier molecular flexibility index (Phi) is 6.10. The summed E-state index contributed by atoms with van der Waals surface area (Å²) < 4.78 is 14.3. The van der Waals surface area contributed by atoms with Crippen LogP contribution in [0.1, 0.15) is 43.6 Å². The van der Waals surface area contributed by atoms with E-state index in [2.05, 4.69) is 22.3 Å². The van der Waals surface area contributed by atoms with Crippen LogP contribution < -0.4 is 5.32 Å². The molecule has 150 valence electrons. The summed E-state index contributed by atoms with van der Waals surface area (Å²) in [6.45, 7) is 4.89. The maximum atomic E-state index is 14.3. The summed E-state index contributed by atoms with van der Waals surface area (Å²) in [6.07, 6.45) is 5.09. The molecule has 1 saturated heterocycles. The van der Waals surface area contributed by atoms with Gasteiger partial charge < -0.3 is 15.3 Å². The molecule has 2 aliphatic rings. The van der Waals surface area contributed by atoms with Gasteiger partial charge in [0.15, 0.2) is 0 Å². The molecule has 1 saturated carbocycles. The molecule has 0 aromatic heterocycles. The van der Waals surface area contributed by atoms with Gasteiger partial charge in [-0.15, -0.1) is 0 Å². The summed E-state index contributed by atoms with van der Waals surface area (Å²) in [6, 6.07) is 15.1. The number of hydrogen-bond acceptors (Lipinski definition) is 3. The Morgan fingerprint density at radius 3 is 2.50 bits per heavy atom. The van der Waals surface area contributed by atoms with Crippen LogP contribution >= 0.6 is 0 Å². The minimum Gasteiger partial charge on any atom is -0.389 e. The fourth-order valence-electron chi connectivity index (χ4n) is 4.87. The smallest absolute Gasteiger partial charge is 0.131 e. The maximum Gasteiger partial charge on any atom is 0.131 e. The highest BCUT2D eigenvalue weighted by Gasteiger charge is 2.39. The third-order valence-corrected chi connectivity index (χ3v) is 6.49. The highest BCUT2D eigenvalue weighted by molar-refractivity contribution is 5.65. The third-order valence-electron chi connectivity index (χ3n) is 6.49. The first-order valence-electron chi connectivity index (χ1n) is 10.7. The molecule has 1 aliphatic heterocycles. The van der Waals surface area contributed by atoms with E-state index in [1.807, 2.05) is 24.3 Å². The van der Waals surface area contributed by atoms with Gasteiger partial charge in [-0.1, -0.05) is 61.7 Å². The zero-order valence-corrected chi connectivity index (χ0v) is 16.5. The second kappa shape index (κ2) is 8.73. The van der Waals surface area contributed by atoms with Gasteiger partial charge in [0.2, 0.25) is 0 Å². The highest BCUT2D eigenvalue weighted by Crippen LogP contribution is 2.41. The lowest BCUT2D eigenvalue weighted by Gasteiger charge is -2.42. The quantitative estimate of drug-likeness (QED) is 0.814. The van der Waals surface area contributed by atoms with Crippen molar-refractivity contribution in [3.63, 3.8) is 0 Å². The standard InChI is InChI=1S/C24H31FN2O/c25-23-10-3-2-9-21(23)19-7-6-8-20(17-19)22(18-27-15-13-26-14-16-27)24(28)11-4-1-5-12-24/h2-3,6-10,17,22,26,28H,1,4-5,11-16,18H2. The van der Waals surface area contributed by atoms with Crippen molar-refractivity contribution in [3.05, 3.63) is 59.9 Å². The Balaban J connectivity index is 1.67. The topological polar surface area (TPSA) is 35.5 Å². The van der Waals surface area contributed by atoms with Crippen LogP contribution in [-0.2, 0) is 0 Å². The molecule has 0 amide bonds. The average molecular weight is 383 g/mol. The lowest BCUT2D eigenvalue weighted by atomic mass is 9.72. The number of hydrogen-bond donors (Lipinski definition) is 2. The van der Waals surface area contributed by atoms with E-state index < -0.39 is 5.60 Å². The van der Waals surface area contributed by atoms with Gasteiger partial charge in [0.05, 0.1) is 5.60 Å². The van der Waals surface area contributed by atoms with Crippen molar-refractivity contribution in [2.75, 3.05) is 32.7 Å².